The van der Waals surface area contributed by atoms with Crippen LogP contribution in [0.1, 0.15) is 17.3 Å². The van der Waals surface area contributed by atoms with Gasteiger partial charge in [0, 0.05) is 12.6 Å². The van der Waals surface area contributed by atoms with Crippen molar-refractivity contribution in [3.05, 3.63) is 54.1 Å². The Labute approximate surface area is 139 Å². The molecule has 24 heavy (non-hydrogen) atoms. The zero-order valence-corrected chi connectivity index (χ0v) is 13.9. The fourth-order valence-electron chi connectivity index (χ4n) is 2.00. The van der Waals surface area contributed by atoms with Gasteiger partial charge in [0.1, 0.15) is 5.75 Å². The van der Waals surface area contributed by atoms with Gasteiger partial charge >= 0.3 is 0 Å². The zero-order valence-electron chi connectivity index (χ0n) is 13.1. The molecule has 2 aromatic rings. The number of methoxy groups -OCH3 is 1. The number of carbonyl (C=O) groups is 2. The van der Waals surface area contributed by atoms with Crippen molar-refractivity contribution in [2.24, 2.45) is 0 Å². The summed E-state index contributed by atoms with van der Waals surface area (Å²) in [6, 6.07) is 12.2. The second kappa shape index (κ2) is 7.14. The summed E-state index contributed by atoms with van der Waals surface area (Å²) in [5.74, 6) is -0.631. The van der Waals surface area contributed by atoms with Crippen LogP contribution in [0.3, 0.4) is 0 Å². The molecule has 0 spiro atoms. The zero-order chi connectivity index (χ0) is 17.7. The summed E-state index contributed by atoms with van der Waals surface area (Å²) in [6.45, 7) is 1.11. The van der Waals surface area contributed by atoms with Crippen LogP contribution in [-0.2, 0) is 14.8 Å². The lowest BCUT2D eigenvalue weighted by Crippen LogP contribution is -2.28. The van der Waals surface area contributed by atoms with Crippen molar-refractivity contribution in [2.75, 3.05) is 12.4 Å². The van der Waals surface area contributed by atoms with Crippen LogP contribution in [0.4, 0.5) is 5.69 Å². The Balaban J connectivity index is 2.17. The summed E-state index contributed by atoms with van der Waals surface area (Å²) in [7, 11) is -2.43. The summed E-state index contributed by atoms with van der Waals surface area (Å²) < 4.78 is 30.7. The van der Waals surface area contributed by atoms with E-state index in [0.717, 1.165) is 6.92 Å². The van der Waals surface area contributed by atoms with Gasteiger partial charge in [-0.1, -0.05) is 12.1 Å². The van der Waals surface area contributed by atoms with Gasteiger partial charge in [-0.15, -0.1) is 0 Å². The molecule has 126 valence electrons. The number of ether oxygens (including phenoxy) is 1. The minimum atomic E-state index is -3.90. The maximum absolute atomic E-state index is 12.3. The largest absolute Gasteiger partial charge is 0.496 e. The Morgan fingerprint density at radius 1 is 1.00 bits per heavy atom. The van der Waals surface area contributed by atoms with Crippen LogP contribution in [0, 0.1) is 0 Å². The summed E-state index contributed by atoms with van der Waals surface area (Å²) >= 11 is 0. The van der Waals surface area contributed by atoms with Crippen molar-refractivity contribution >= 4 is 27.5 Å². The Hall–Kier alpha value is -2.87. The highest BCUT2D eigenvalue weighted by molar-refractivity contribution is 7.90. The Morgan fingerprint density at radius 3 is 2.21 bits per heavy atom. The average molecular weight is 348 g/mol. The number of para-hydroxylation sites is 1. The van der Waals surface area contributed by atoms with Crippen LogP contribution < -0.4 is 14.8 Å². The molecular formula is C16H16N2O5S. The summed E-state index contributed by atoms with van der Waals surface area (Å²) in [5.41, 5.74) is 0.766. The molecule has 0 heterocycles. The van der Waals surface area contributed by atoms with Crippen molar-refractivity contribution in [1.29, 1.82) is 0 Å². The van der Waals surface area contributed by atoms with Gasteiger partial charge in [0.15, 0.2) is 0 Å². The quantitative estimate of drug-likeness (QED) is 0.857. The fraction of sp³-hybridized carbons (Fsp3) is 0.125. The van der Waals surface area contributed by atoms with Crippen LogP contribution >= 0.6 is 0 Å². The topological polar surface area (TPSA) is 102 Å². The third kappa shape index (κ3) is 4.11. The molecule has 0 fully saturated rings. The molecule has 0 atom stereocenters. The Bertz CT molecular complexity index is 860. The molecule has 8 heteroatoms. The molecule has 0 saturated carbocycles. The van der Waals surface area contributed by atoms with Crippen LogP contribution in [0.5, 0.6) is 5.75 Å². The van der Waals surface area contributed by atoms with Crippen LogP contribution in [-0.4, -0.2) is 27.3 Å². The van der Waals surface area contributed by atoms with E-state index in [1.54, 1.807) is 24.3 Å². The van der Waals surface area contributed by atoms with Crippen LogP contribution in [0.15, 0.2) is 53.4 Å². The standard InChI is InChI=1S/C16H16N2O5S/c1-11(19)18-24(21,22)13-9-7-12(8-10-13)17-16(20)14-5-3-4-6-15(14)23-2/h3-10H,1-2H3,(H,17,20)(H,18,19). The summed E-state index contributed by atoms with van der Waals surface area (Å²) in [4.78, 5) is 23.1. The second-order valence-electron chi connectivity index (χ2n) is 4.84. The maximum atomic E-state index is 12.3. The van der Waals surface area contributed by atoms with Crippen molar-refractivity contribution < 1.29 is 22.7 Å². The van der Waals surface area contributed by atoms with E-state index in [9.17, 15) is 18.0 Å². The maximum Gasteiger partial charge on any atom is 0.264 e. The van der Waals surface area contributed by atoms with Gasteiger partial charge in [-0.25, -0.2) is 13.1 Å². The van der Waals surface area contributed by atoms with E-state index < -0.39 is 15.9 Å². The van der Waals surface area contributed by atoms with Gasteiger partial charge in [0.25, 0.3) is 15.9 Å². The van der Waals surface area contributed by atoms with E-state index in [2.05, 4.69) is 5.32 Å². The number of carbonyl (C=O) groups excluding carboxylic acids is 2. The lowest BCUT2D eigenvalue weighted by molar-refractivity contribution is -0.117. The monoisotopic (exact) mass is 348 g/mol. The number of anilines is 1. The first-order chi connectivity index (χ1) is 11.3. The van der Waals surface area contributed by atoms with Crippen molar-refractivity contribution in [1.82, 2.24) is 4.72 Å². The number of benzene rings is 2. The lowest BCUT2D eigenvalue weighted by atomic mass is 10.2. The number of amides is 2. The SMILES string of the molecule is COc1ccccc1C(=O)Nc1ccc(S(=O)(=O)NC(C)=O)cc1. The molecule has 0 aromatic heterocycles. The molecule has 7 nitrogen and oxygen atoms in total. The molecule has 0 unspecified atom stereocenters. The van der Waals surface area contributed by atoms with E-state index in [1.165, 1.54) is 31.4 Å². The molecule has 0 radical (unpaired) electrons. The molecule has 2 amide bonds. The highest BCUT2D eigenvalue weighted by Crippen LogP contribution is 2.20. The summed E-state index contributed by atoms with van der Waals surface area (Å²) in [6.07, 6.45) is 0. The fourth-order valence-corrected chi connectivity index (χ4v) is 2.99. The normalized spacial score (nSPS) is 10.8. The highest BCUT2D eigenvalue weighted by Gasteiger charge is 2.16. The van der Waals surface area contributed by atoms with Gasteiger partial charge < -0.3 is 10.1 Å². The minimum absolute atomic E-state index is 0.0759. The number of hydrogen-bond donors (Lipinski definition) is 2. The Morgan fingerprint density at radius 2 is 1.62 bits per heavy atom. The van der Waals surface area contributed by atoms with Gasteiger partial charge in [0.2, 0.25) is 5.91 Å². The number of sulfonamides is 1. The number of nitrogens with one attached hydrogen (secondary N) is 2. The van der Waals surface area contributed by atoms with Crippen molar-refractivity contribution in [3.8, 4) is 5.75 Å². The number of hydrogen-bond acceptors (Lipinski definition) is 5. The van der Waals surface area contributed by atoms with E-state index in [-0.39, 0.29) is 10.8 Å². The summed E-state index contributed by atoms with van der Waals surface area (Å²) in [5, 5.41) is 2.65. The second-order valence-corrected chi connectivity index (χ2v) is 6.52. The third-order valence-corrected chi connectivity index (χ3v) is 4.50. The van der Waals surface area contributed by atoms with Gasteiger partial charge in [-0.05, 0) is 36.4 Å². The molecule has 2 aromatic carbocycles. The molecule has 2 rings (SSSR count). The first-order valence-electron chi connectivity index (χ1n) is 6.91. The first-order valence-corrected chi connectivity index (χ1v) is 8.39. The predicted molar refractivity (Wildman–Crippen MR) is 88.4 cm³/mol. The molecule has 0 aliphatic rings. The van der Waals surface area contributed by atoms with Crippen molar-refractivity contribution in [3.63, 3.8) is 0 Å². The van der Waals surface area contributed by atoms with Crippen LogP contribution in [0.2, 0.25) is 0 Å². The third-order valence-electron chi connectivity index (χ3n) is 3.05. The molecule has 2 N–H and O–H groups in total. The van der Waals surface area contributed by atoms with E-state index >= 15 is 0 Å². The minimum Gasteiger partial charge on any atom is -0.496 e. The molecule has 0 bridgehead atoms. The van der Waals surface area contributed by atoms with Gasteiger partial charge in [-0.2, -0.15) is 0 Å². The predicted octanol–water partition coefficient (Wildman–Crippen LogP) is 1.77. The van der Waals surface area contributed by atoms with E-state index in [4.69, 9.17) is 4.74 Å². The average Bonchev–Trinajstić information content (AvgIpc) is 2.54. The first kappa shape index (κ1) is 17.5. The van der Waals surface area contributed by atoms with Gasteiger partial charge in [-0.3, -0.25) is 9.59 Å². The lowest BCUT2D eigenvalue weighted by Gasteiger charge is -2.10. The molecule has 0 aliphatic heterocycles. The molecule has 0 saturated heterocycles. The molecular weight excluding hydrogens is 332 g/mol. The van der Waals surface area contributed by atoms with E-state index in [1.807, 2.05) is 4.72 Å². The van der Waals surface area contributed by atoms with Crippen molar-refractivity contribution in [2.45, 2.75) is 11.8 Å². The van der Waals surface area contributed by atoms with Crippen LogP contribution in [0.25, 0.3) is 0 Å². The van der Waals surface area contributed by atoms with Gasteiger partial charge in [0.05, 0.1) is 17.6 Å². The smallest absolute Gasteiger partial charge is 0.264 e. The number of rotatable bonds is 5. The molecule has 0 aliphatic carbocycles. The Kier molecular flexibility index (Phi) is 5.20. The highest BCUT2D eigenvalue weighted by atomic mass is 32.2. The van der Waals surface area contributed by atoms with E-state index in [0.29, 0.717) is 17.0 Å².